The van der Waals surface area contributed by atoms with Crippen molar-refractivity contribution in [3.63, 3.8) is 0 Å². The summed E-state index contributed by atoms with van der Waals surface area (Å²) in [4.78, 5) is 0. The predicted molar refractivity (Wildman–Crippen MR) is 85.7 cm³/mol. The Labute approximate surface area is 137 Å². The number of halogens is 3. The molecule has 23 heavy (non-hydrogen) atoms. The minimum atomic E-state index is -4.41. The minimum Gasteiger partial charge on any atom is -0.409 e. The largest absolute Gasteiger partial charge is 0.418 e. The number of hydrogen-bond donors (Lipinski definition) is 0. The van der Waals surface area contributed by atoms with Gasteiger partial charge >= 0.3 is 6.18 Å². The van der Waals surface area contributed by atoms with Crippen molar-refractivity contribution in [2.75, 3.05) is 7.11 Å². The molecule has 1 aromatic carbocycles. The summed E-state index contributed by atoms with van der Waals surface area (Å²) in [6, 6.07) is 5.08. The van der Waals surface area contributed by atoms with Gasteiger partial charge in [0.25, 0.3) is 0 Å². The Hall–Kier alpha value is -0.853. The van der Waals surface area contributed by atoms with Gasteiger partial charge in [-0.1, -0.05) is 39.0 Å². The van der Waals surface area contributed by atoms with E-state index in [2.05, 4.69) is 27.3 Å². The summed E-state index contributed by atoms with van der Waals surface area (Å²) in [6.45, 7) is 8.52. The van der Waals surface area contributed by atoms with Crippen LogP contribution in [0.5, 0.6) is 0 Å². The maximum absolute atomic E-state index is 13.2. The van der Waals surface area contributed by atoms with E-state index in [-0.39, 0.29) is 16.7 Å². The number of methoxy groups -OCH3 is 1. The molecular formula is C17H24F3O2Si. The van der Waals surface area contributed by atoms with Crippen molar-refractivity contribution >= 4 is 9.04 Å². The van der Waals surface area contributed by atoms with Crippen molar-refractivity contribution in [1.29, 1.82) is 0 Å². The summed E-state index contributed by atoms with van der Waals surface area (Å²) in [7, 11) is 0.0551. The third kappa shape index (κ3) is 3.98. The molecule has 6 heteroatoms. The van der Waals surface area contributed by atoms with Gasteiger partial charge in [0.05, 0.1) is 6.10 Å². The summed E-state index contributed by atoms with van der Waals surface area (Å²) >= 11 is 0. The molecule has 2 atom stereocenters. The van der Waals surface area contributed by atoms with Gasteiger partial charge in [-0.05, 0) is 41.1 Å². The average molecular weight is 345 g/mol. The van der Waals surface area contributed by atoms with E-state index in [1.807, 2.05) is 6.07 Å². The molecule has 1 unspecified atom stereocenters. The number of alkyl halides is 3. The standard InChI is InChI=1S/C17H24F3O2Si/c1-16(2,3)23(5)22-14-10-9-11-12(14)7-6-8-13(11)15(21-4)17(18,19)20/h6-8,14-15H,9-10H2,1-5H3/t14-,15?/m0/s1. The summed E-state index contributed by atoms with van der Waals surface area (Å²) < 4.78 is 50.5. The van der Waals surface area contributed by atoms with Crippen LogP contribution in [0.1, 0.15) is 56.1 Å². The highest BCUT2D eigenvalue weighted by molar-refractivity contribution is 6.53. The second-order valence-electron chi connectivity index (χ2n) is 7.02. The highest BCUT2D eigenvalue weighted by atomic mass is 28.3. The lowest BCUT2D eigenvalue weighted by atomic mass is 9.98. The second-order valence-corrected chi connectivity index (χ2v) is 9.87. The van der Waals surface area contributed by atoms with Crippen LogP contribution in [0.15, 0.2) is 18.2 Å². The van der Waals surface area contributed by atoms with E-state index in [1.165, 1.54) is 6.07 Å². The monoisotopic (exact) mass is 345 g/mol. The Morgan fingerprint density at radius 1 is 1.22 bits per heavy atom. The van der Waals surface area contributed by atoms with E-state index in [0.29, 0.717) is 6.42 Å². The molecule has 0 amide bonds. The van der Waals surface area contributed by atoms with Crippen LogP contribution in [-0.2, 0) is 15.6 Å². The van der Waals surface area contributed by atoms with E-state index >= 15 is 0 Å². The molecule has 1 aromatic rings. The van der Waals surface area contributed by atoms with Gasteiger partial charge in [-0.25, -0.2) is 0 Å². The SMILES string of the molecule is COC(c1cccc2c1CC[C@@H]2O[Si](C)C(C)(C)C)C(F)(F)F. The Morgan fingerprint density at radius 2 is 1.87 bits per heavy atom. The molecule has 0 heterocycles. The molecule has 0 saturated heterocycles. The molecule has 0 aromatic heterocycles. The Bertz CT molecular complexity index is 552. The summed E-state index contributed by atoms with van der Waals surface area (Å²) in [5, 5.41) is 0.0894. The molecule has 0 aliphatic heterocycles. The van der Waals surface area contributed by atoms with Crippen molar-refractivity contribution in [2.45, 2.75) is 63.6 Å². The average Bonchev–Trinajstić information content (AvgIpc) is 2.81. The van der Waals surface area contributed by atoms with Gasteiger partial charge in [0.1, 0.15) is 0 Å². The van der Waals surface area contributed by atoms with E-state index in [1.54, 1.807) is 6.07 Å². The van der Waals surface area contributed by atoms with Crippen molar-refractivity contribution in [3.05, 3.63) is 34.9 Å². The lowest BCUT2D eigenvalue weighted by Gasteiger charge is -2.28. The fourth-order valence-electron chi connectivity index (χ4n) is 2.84. The maximum Gasteiger partial charge on any atom is 0.418 e. The van der Waals surface area contributed by atoms with Crippen LogP contribution in [0.3, 0.4) is 0 Å². The molecule has 0 bridgehead atoms. The van der Waals surface area contributed by atoms with Gasteiger partial charge in [-0.3, -0.25) is 0 Å². The normalized spacial score (nSPS) is 20.0. The van der Waals surface area contributed by atoms with Gasteiger partial charge in [0.2, 0.25) is 9.04 Å². The minimum absolute atomic E-state index is 0.0894. The molecule has 2 nitrogen and oxygen atoms in total. The van der Waals surface area contributed by atoms with Crippen molar-refractivity contribution in [2.24, 2.45) is 0 Å². The molecule has 129 valence electrons. The smallest absolute Gasteiger partial charge is 0.409 e. The topological polar surface area (TPSA) is 18.5 Å². The first-order valence-electron chi connectivity index (χ1n) is 7.77. The van der Waals surface area contributed by atoms with Crippen LogP contribution >= 0.6 is 0 Å². The third-order valence-electron chi connectivity index (χ3n) is 4.44. The fraction of sp³-hybridized carbons (Fsp3) is 0.647. The second kappa shape index (κ2) is 6.57. The third-order valence-corrected chi connectivity index (χ3v) is 7.19. The molecule has 0 spiro atoms. The van der Waals surface area contributed by atoms with Crippen LogP contribution in [-0.4, -0.2) is 22.3 Å². The van der Waals surface area contributed by atoms with E-state index in [4.69, 9.17) is 9.16 Å². The summed E-state index contributed by atoms with van der Waals surface area (Å²) in [6.07, 6.45) is -5.04. The predicted octanol–water partition coefficient (Wildman–Crippen LogP) is 5.36. The van der Waals surface area contributed by atoms with Crippen LogP contribution in [0.4, 0.5) is 13.2 Å². The molecule has 1 radical (unpaired) electrons. The lowest BCUT2D eigenvalue weighted by molar-refractivity contribution is -0.216. The number of fused-ring (bicyclic) bond motifs is 1. The fourth-order valence-corrected chi connectivity index (χ4v) is 3.86. The first-order valence-corrected chi connectivity index (χ1v) is 9.68. The van der Waals surface area contributed by atoms with E-state index in [0.717, 1.165) is 24.7 Å². The van der Waals surface area contributed by atoms with Crippen molar-refractivity contribution in [1.82, 2.24) is 0 Å². The zero-order valence-electron chi connectivity index (χ0n) is 14.3. The molecule has 0 saturated carbocycles. The Kier molecular flexibility index (Phi) is 5.28. The van der Waals surface area contributed by atoms with Gasteiger partial charge in [0, 0.05) is 7.11 Å². The van der Waals surface area contributed by atoms with E-state index in [9.17, 15) is 13.2 Å². The first-order chi connectivity index (χ1) is 10.6. The zero-order chi connectivity index (χ0) is 17.4. The molecule has 2 rings (SSSR count). The van der Waals surface area contributed by atoms with Gasteiger partial charge in [-0.2, -0.15) is 13.2 Å². The highest BCUT2D eigenvalue weighted by Gasteiger charge is 2.43. The summed E-state index contributed by atoms with van der Waals surface area (Å²) in [5.41, 5.74) is 1.86. The van der Waals surface area contributed by atoms with Crippen LogP contribution in [0.25, 0.3) is 0 Å². The molecule has 1 aliphatic carbocycles. The summed E-state index contributed by atoms with van der Waals surface area (Å²) in [5.74, 6) is 0. The number of ether oxygens (including phenoxy) is 1. The number of benzene rings is 1. The van der Waals surface area contributed by atoms with Crippen LogP contribution < -0.4 is 0 Å². The first kappa shape index (κ1) is 18.5. The molecule has 0 fully saturated rings. The van der Waals surface area contributed by atoms with Crippen molar-refractivity contribution in [3.8, 4) is 0 Å². The lowest BCUT2D eigenvalue weighted by Crippen LogP contribution is -2.27. The van der Waals surface area contributed by atoms with Gasteiger partial charge in [-0.15, -0.1) is 0 Å². The molecule has 1 aliphatic rings. The number of hydrogen-bond acceptors (Lipinski definition) is 2. The highest BCUT2D eigenvalue weighted by Crippen LogP contribution is 2.44. The quantitative estimate of drug-likeness (QED) is 0.684. The van der Waals surface area contributed by atoms with Gasteiger partial charge < -0.3 is 9.16 Å². The van der Waals surface area contributed by atoms with Gasteiger partial charge in [0.15, 0.2) is 6.10 Å². The maximum atomic E-state index is 13.2. The van der Waals surface area contributed by atoms with Crippen molar-refractivity contribution < 1.29 is 22.3 Å². The Balaban J connectivity index is 2.30. The zero-order valence-corrected chi connectivity index (χ0v) is 15.3. The van der Waals surface area contributed by atoms with Crippen LogP contribution in [0.2, 0.25) is 11.6 Å². The van der Waals surface area contributed by atoms with Crippen LogP contribution in [0, 0.1) is 0 Å². The molecular weight excluding hydrogens is 321 g/mol. The van der Waals surface area contributed by atoms with E-state index < -0.39 is 21.3 Å². The Morgan fingerprint density at radius 3 is 2.39 bits per heavy atom. The number of rotatable bonds is 4. The molecule has 0 N–H and O–H groups in total.